The van der Waals surface area contributed by atoms with E-state index in [1.54, 1.807) is 0 Å². The van der Waals surface area contributed by atoms with Crippen molar-refractivity contribution in [2.45, 2.75) is 45.4 Å². The van der Waals surface area contributed by atoms with E-state index in [2.05, 4.69) is 36.1 Å². The van der Waals surface area contributed by atoms with Crippen LogP contribution in [0.5, 0.6) is 0 Å². The van der Waals surface area contributed by atoms with Crippen molar-refractivity contribution in [3.63, 3.8) is 0 Å². The SMILES string of the molecule is Cc1ccccc1CCN1CCC[C@H](CN(C)C(=O)CCN2CCCC2=O)C1. The van der Waals surface area contributed by atoms with Crippen molar-refractivity contribution in [3.8, 4) is 0 Å². The highest BCUT2D eigenvalue weighted by molar-refractivity contribution is 5.80. The van der Waals surface area contributed by atoms with E-state index in [0.29, 0.717) is 25.3 Å². The first-order valence-electron chi connectivity index (χ1n) is 10.8. The molecule has 3 rings (SSSR count). The van der Waals surface area contributed by atoms with Gasteiger partial charge in [0.2, 0.25) is 11.8 Å². The zero-order valence-electron chi connectivity index (χ0n) is 17.5. The average Bonchev–Trinajstić information content (AvgIpc) is 3.10. The summed E-state index contributed by atoms with van der Waals surface area (Å²) < 4.78 is 0. The molecule has 5 nitrogen and oxygen atoms in total. The molecule has 1 aromatic carbocycles. The second kappa shape index (κ2) is 10.1. The molecule has 28 heavy (non-hydrogen) atoms. The third-order valence-electron chi connectivity index (χ3n) is 6.29. The van der Waals surface area contributed by atoms with Gasteiger partial charge in [0.15, 0.2) is 0 Å². The Labute approximate surface area is 169 Å². The predicted molar refractivity (Wildman–Crippen MR) is 112 cm³/mol. The first-order chi connectivity index (χ1) is 13.5. The van der Waals surface area contributed by atoms with Crippen molar-refractivity contribution < 1.29 is 9.59 Å². The van der Waals surface area contributed by atoms with Gasteiger partial charge in [-0.15, -0.1) is 0 Å². The van der Waals surface area contributed by atoms with E-state index in [-0.39, 0.29) is 11.8 Å². The number of piperidine rings is 1. The summed E-state index contributed by atoms with van der Waals surface area (Å²) in [6.45, 7) is 7.74. The Kier molecular flexibility index (Phi) is 7.49. The van der Waals surface area contributed by atoms with E-state index >= 15 is 0 Å². The number of likely N-dealkylation sites (tertiary alicyclic amines) is 2. The molecule has 0 bridgehead atoms. The summed E-state index contributed by atoms with van der Waals surface area (Å²) in [5.74, 6) is 0.914. The van der Waals surface area contributed by atoms with Crippen LogP contribution in [0.1, 0.15) is 43.2 Å². The van der Waals surface area contributed by atoms with Gasteiger partial charge >= 0.3 is 0 Å². The van der Waals surface area contributed by atoms with Gasteiger partial charge in [-0.2, -0.15) is 0 Å². The lowest BCUT2D eigenvalue weighted by Crippen LogP contribution is -2.42. The van der Waals surface area contributed by atoms with Crippen molar-refractivity contribution in [1.82, 2.24) is 14.7 Å². The molecule has 2 aliphatic heterocycles. The Morgan fingerprint density at radius 1 is 1.18 bits per heavy atom. The molecule has 5 heteroatoms. The van der Waals surface area contributed by atoms with Gasteiger partial charge in [-0.05, 0) is 56.2 Å². The number of aryl methyl sites for hydroxylation is 1. The van der Waals surface area contributed by atoms with Crippen LogP contribution >= 0.6 is 0 Å². The van der Waals surface area contributed by atoms with Gasteiger partial charge in [0, 0.05) is 52.6 Å². The Bertz CT molecular complexity index is 676. The summed E-state index contributed by atoms with van der Waals surface area (Å²) in [6.07, 6.45) is 5.53. The lowest BCUT2D eigenvalue weighted by atomic mass is 9.96. The third kappa shape index (κ3) is 5.81. The van der Waals surface area contributed by atoms with E-state index in [4.69, 9.17) is 0 Å². The summed E-state index contributed by atoms with van der Waals surface area (Å²) in [5, 5.41) is 0. The lowest BCUT2D eigenvalue weighted by Gasteiger charge is -2.35. The summed E-state index contributed by atoms with van der Waals surface area (Å²) in [7, 11) is 1.92. The van der Waals surface area contributed by atoms with E-state index in [0.717, 1.165) is 45.6 Å². The maximum Gasteiger partial charge on any atom is 0.224 e. The minimum absolute atomic E-state index is 0.164. The number of rotatable bonds is 8. The highest BCUT2D eigenvalue weighted by Crippen LogP contribution is 2.19. The van der Waals surface area contributed by atoms with Crippen LogP contribution in [0.2, 0.25) is 0 Å². The van der Waals surface area contributed by atoms with Gasteiger partial charge in [-0.1, -0.05) is 24.3 Å². The minimum atomic E-state index is 0.164. The van der Waals surface area contributed by atoms with Crippen LogP contribution in [-0.2, 0) is 16.0 Å². The topological polar surface area (TPSA) is 43.9 Å². The second-order valence-corrected chi connectivity index (χ2v) is 8.49. The molecular formula is C23H35N3O2. The van der Waals surface area contributed by atoms with E-state index in [1.807, 2.05) is 16.8 Å². The highest BCUT2D eigenvalue weighted by Gasteiger charge is 2.24. The number of carbonyl (C=O) groups is 2. The van der Waals surface area contributed by atoms with Crippen LogP contribution < -0.4 is 0 Å². The standard InChI is InChI=1S/C23H35N3O2/c1-19-7-3-4-9-21(19)11-15-25-13-5-8-20(18-25)17-24(2)22(27)12-16-26-14-6-10-23(26)28/h3-4,7,9,20H,5-6,8,10-18H2,1-2H3/t20-/m1/s1. The van der Waals surface area contributed by atoms with Crippen LogP contribution in [0.3, 0.4) is 0 Å². The van der Waals surface area contributed by atoms with Crippen LogP contribution in [-0.4, -0.2) is 72.8 Å². The first kappa shape index (κ1) is 20.8. The van der Waals surface area contributed by atoms with Gasteiger partial charge in [-0.25, -0.2) is 0 Å². The Hall–Kier alpha value is -1.88. The largest absolute Gasteiger partial charge is 0.345 e. The van der Waals surface area contributed by atoms with E-state index in [9.17, 15) is 9.59 Å². The second-order valence-electron chi connectivity index (χ2n) is 8.49. The molecule has 2 fully saturated rings. The maximum atomic E-state index is 12.5. The van der Waals surface area contributed by atoms with Gasteiger partial charge in [0.1, 0.15) is 0 Å². The molecule has 0 aliphatic carbocycles. The molecule has 1 atom stereocenters. The number of amides is 2. The predicted octanol–water partition coefficient (Wildman–Crippen LogP) is 2.72. The fraction of sp³-hybridized carbons (Fsp3) is 0.652. The Balaban J connectivity index is 1.40. The molecule has 2 heterocycles. The monoisotopic (exact) mass is 385 g/mol. The zero-order chi connectivity index (χ0) is 19.9. The number of carbonyl (C=O) groups excluding carboxylic acids is 2. The molecule has 0 aromatic heterocycles. The average molecular weight is 386 g/mol. The summed E-state index contributed by atoms with van der Waals surface area (Å²) >= 11 is 0. The van der Waals surface area contributed by atoms with Crippen LogP contribution in [0.15, 0.2) is 24.3 Å². The van der Waals surface area contributed by atoms with Crippen molar-refractivity contribution in [3.05, 3.63) is 35.4 Å². The number of benzene rings is 1. The molecular weight excluding hydrogens is 350 g/mol. The van der Waals surface area contributed by atoms with Crippen LogP contribution in [0.4, 0.5) is 0 Å². The molecule has 2 amide bonds. The van der Waals surface area contributed by atoms with E-state index in [1.165, 1.54) is 24.0 Å². The smallest absolute Gasteiger partial charge is 0.224 e. The van der Waals surface area contributed by atoms with Gasteiger partial charge in [0.25, 0.3) is 0 Å². The molecule has 1 aromatic rings. The fourth-order valence-corrected chi connectivity index (χ4v) is 4.52. The molecule has 2 aliphatic rings. The lowest BCUT2D eigenvalue weighted by molar-refractivity contribution is -0.132. The van der Waals surface area contributed by atoms with Crippen molar-refractivity contribution in [2.75, 3.05) is 46.3 Å². The molecule has 2 saturated heterocycles. The van der Waals surface area contributed by atoms with Crippen LogP contribution in [0, 0.1) is 12.8 Å². The van der Waals surface area contributed by atoms with Crippen molar-refractivity contribution in [1.29, 1.82) is 0 Å². The van der Waals surface area contributed by atoms with E-state index < -0.39 is 0 Å². The summed E-state index contributed by atoms with van der Waals surface area (Å²) in [4.78, 5) is 30.4. The van der Waals surface area contributed by atoms with Gasteiger partial charge in [-0.3, -0.25) is 9.59 Å². The molecule has 0 N–H and O–H groups in total. The van der Waals surface area contributed by atoms with Gasteiger partial charge < -0.3 is 14.7 Å². The quantitative estimate of drug-likeness (QED) is 0.691. The zero-order valence-corrected chi connectivity index (χ0v) is 17.5. The van der Waals surface area contributed by atoms with Crippen molar-refractivity contribution >= 4 is 11.8 Å². The molecule has 0 radical (unpaired) electrons. The molecule has 0 spiro atoms. The number of hydrogen-bond acceptors (Lipinski definition) is 3. The minimum Gasteiger partial charge on any atom is -0.345 e. The number of nitrogens with zero attached hydrogens (tertiary/aromatic N) is 3. The highest BCUT2D eigenvalue weighted by atomic mass is 16.2. The molecule has 0 unspecified atom stereocenters. The van der Waals surface area contributed by atoms with Crippen molar-refractivity contribution in [2.24, 2.45) is 5.92 Å². The third-order valence-corrected chi connectivity index (χ3v) is 6.29. The molecule has 154 valence electrons. The van der Waals surface area contributed by atoms with Gasteiger partial charge in [0.05, 0.1) is 0 Å². The fourth-order valence-electron chi connectivity index (χ4n) is 4.52. The normalized spacial score (nSPS) is 20.6. The first-order valence-corrected chi connectivity index (χ1v) is 10.8. The Morgan fingerprint density at radius 3 is 2.75 bits per heavy atom. The Morgan fingerprint density at radius 2 is 2.00 bits per heavy atom. The number of hydrogen-bond donors (Lipinski definition) is 0. The van der Waals surface area contributed by atoms with Crippen LogP contribution in [0.25, 0.3) is 0 Å². The summed E-state index contributed by atoms with van der Waals surface area (Å²) in [5.41, 5.74) is 2.81. The molecule has 0 saturated carbocycles. The summed E-state index contributed by atoms with van der Waals surface area (Å²) in [6, 6.07) is 8.64. The maximum absolute atomic E-state index is 12.5.